The molecule has 0 spiro atoms. The number of carbonyl (C=O) groups excluding carboxylic acids is 2. The van der Waals surface area contributed by atoms with Crippen molar-refractivity contribution in [2.75, 3.05) is 13.7 Å². The minimum Gasteiger partial charge on any atom is -0.490 e. The molecule has 1 N–H and O–H groups in total. The quantitative estimate of drug-likeness (QED) is 0.602. The minimum atomic E-state index is -0.573. The molecule has 7 nitrogen and oxygen atoms in total. The molecule has 2 aliphatic carbocycles. The summed E-state index contributed by atoms with van der Waals surface area (Å²) in [4.78, 5) is 26.8. The fourth-order valence-corrected chi connectivity index (χ4v) is 6.71. The predicted octanol–water partition coefficient (Wildman–Crippen LogP) is 4.82. The molecule has 2 aliphatic heterocycles. The SMILES string of the molecule is COC(=O)[C@@H](C)[C@H](c1ccc2c(c1)OC(C1CC3C[C@@H]1CN3C(=O)OC(C)(C)C)CC2O)C1CC1. The van der Waals surface area contributed by atoms with E-state index in [0.717, 1.165) is 42.6 Å². The summed E-state index contributed by atoms with van der Waals surface area (Å²) in [6, 6.07) is 6.24. The number of aliphatic hydroxyl groups is 1. The van der Waals surface area contributed by atoms with Gasteiger partial charge in [0.1, 0.15) is 17.5 Å². The standard InChI is InChI=1S/C28H39NO6/c1-15(26(31)33-5)25(16-6-7-16)17-8-9-20-22(30)13-24(34-23(20)11-17)21-12-19-10-18(21)14-29(19)27(32)35-28(2,3)4/h8-9,11,15-16,18-19,21-22,24-25,30H,6-7,10,12-14H2,1-5H3/t15-,18+,19?,21?,22?,24?,25-/m0/s1. The summed E-state index contributed by atoms with van der Waals surface area (Å²) in [5.74, 6) is 1.57. The van der Waals surface area contributed by atoms with E-state index in [1.165, 1.54) is 7.11 Å². The van der Waals surface area contributed by atoms with Gasteiger partial charge in [-0.25, -0.2) is 4.79 Å². The number of nitrogens with zero attached hydrogens (tertiary/aromatic N) is 1. The lowest BCUT2D eigenvalue weighted by Crippen LogP contribution is -2.46. The van der Waals surface area contributed by atoms with Crippen LogP contribution >= 0.6 is 0 Å². The number of piperidine rings is 1. The largest absolute Gasteiger partial charge is 0.490 e. The summed E-state index contributed by atoms with van der Waals surface area (Å²) < 4.78 is 17.2. The number of carbonyl (C=O) groups is 2. The van der Waals surface area contributed by atoms with Crippen molar-refractivity contribution in [1.29, 1.82) is 0 Å². The summed E-state index contributed by atoms with van der Waals surface area (Å²) in [5.41, 5.74) is 1.41. The van der Waals surface area contributed by atoms with Crippen molar-refractivity contribution in [3.8, 4) is 5.75 Å². The second kappa shape index (κ2) is 8.99. The summed E-state index contributed by atoms with van der Waals surface area (Å²) in [6.07, 6.45) is 3.76. The summed E-state index contributed by atoms with van der Waals surface area (Å²) >= 11 is 0. The number of fused-ring (bicyclic) bond motifs is 3. The first-order valence-electron chi connectivity index (χ1n) is 13.1. The van der Waals surface area contributed by atoms with Crippen LogP contribution in [0.25, 0.3) is 0 Å². The summed E-state index contributed by atoms with van der Waals surface area (Å²) in [6.45, 7) is 8.31. The van der Waals surface area contributed by atoms with Crippen LogP contribution in [0.5, 0.6) is 5.75 Å². The number of rotatable bonds is 5. The van der Waals surface area contributed by atoms with E-state index in [9.17, 15) is 14.7 Å². The number of ether oxygens (including phenoxy) is 3. The van der Waals surface area contributed by atoms with Gasteiger partial charge in [0.2, 0.25) is 0 Å². The molecule has 192 valence electrons. The maximum atomic E-state index is 12.6. The summed E-state index contributed by atoms with van der Waals surface area (Å²) in [7, 11) is 1.44. The molecule has 5 rings (SSSR count). The highest BCUT2D eigenvalue weighted by Gasteiger charge is 2.51. The molecule has 0 aromatic heterocycles. The Bertz CT molecular complexity index is 982. The second-order valence-electron chi connectivity index (χ2n) is 12.1. The zero-order chi connectivity index (χ0) is 25.1. The minimum absolute atomic E-state index is 0.0825. The number of amides is 1. The topological polar surface area (TPSA) is 85.3 Å². The zero-order valence-corrected chi connectivity index (χ0v) is 21.5. The Balaban J connectivity index is 1.31. The van der Waals surface area contributed by atoms with Crippen LogP contribution in [-0.2, 0) is 14.3 Å². The van der Waals surface area contributed by atoms with Crippen molar-refractivity contribution < 1.29 is 28.9 Å². The first-order valence-corrected chi connectivity index (χ1v) is 13.1. The molecule has 1 amide bonds. The molecule has 4 unspecified atom stereocenters. The van der Waals surface area contributed by atoms with Crippen LogP contribution in [-0.4, -0.2) is 53.5 Å². The van der Waals surface area contributed by atoms with Crippen molar-refractivity contribution in [3.63, 3.8) is 0 Å². The van der Waals surface area contributed by atoms with Crippen molar-refractivity contribution in [3.05, 3.63) is 29.3 Å². The normalized spacial score (nSPS) is 31.4. The van der Waals surface area contributed by atoms with E-state index in [0.29, 0.717) is 30.7 Å². The van der Waals surface area contributed by atoms with Crippen LogP contribution in [0.3, 0.4) is 0 Å². The molecule has 2 saturated carbocycles. The molecule has 2 heterocycles. The van der Waals surface area contributed by atoms with E-state index in [-0.39, 0.29) is 36.0 Å². The van der Waals surface area contributed by atoms with E-state index in [1.54, 1.807) is 0 Å². The highest BCUT2D eigenvalue weighted by Crippen LogP contribution is 2.51. The number of esters is 1. The van der Waals surface area contributed by atoms with Crippen molar-refractivity contribution in [2.24, 2.45) is 23.7 Å². The van der Waals surface area contributed by atoms with Gasteiger partial charge in [-0.3, -0.25) is 4.79 Å². The molecule has 4 aliphatic rings. The molecular formula is C28H39NO6. The number of likely N-dealkylation sites (tertiary alicyclic amines) is 1. The van der Waals surface area contributed by atoms with E-state index in [2.05, 4.69) is 0 Å². The van der Waals surface area contributed by atoms with Crippen LogP contribution in [0.2, 0.25) is 0 Å². The fraction of sp³-hybridized carbons (Fsp3) is 0.714. The van der Waals surface area contributed by atoms with Crippen molar-refractivity contribution >= 4 is 12.1 Å². The number of aliphatic hydroxyl groups excluding tert-OH is 1. The van der Waals surface area contributed by atoms with Gasteiger partial charge in [0, 0.05) is 30.5 Å². The van der Waals surface area contributed by atoms with Gasteiger partial charge in [0.25, 0.3) is 0 Å². The fourth-order valence-electron chi connectivity index (χ4n) is 6.71. The second-order valence-corrected chi connectivity index (χ2v) is 12.1. The zero-order valence-electron chi connectivity index (χ0n) is 21.5. The highest BCUT2D eigenvalue weighted by atomic mass is 16.6. The first-order chi connectivity index (χ1) is 16.6. The van der Waals surface area contributed by atoms with Gasteiger partial charge in [-0.05, 0) is 75.8 Å². The molecule has 7 atom stereocenters. The Morgan fingerprint density at radius 1 is 1.17 bits per heavy atom. The molecule has 1 aromatic carbocycles. The smallest absolute Gasteiger partial charge is 0.410 e. The lowest BCUT2D eigenvalue weighted by Gasteiger charge is -2.39. The third-order valence-corrected chi connectivity index (χ3v) is 8.46. The summed E-state index contributed by atoms with van der Waals surface area (Å²) in [5, 5.41) is 11.0. The lowest BCUT2D eigenvalue weighted by atomic mass is 9.81. The van der Waals surface area contributed by atoms with Crippen LogP contribution < -0.4 is 4.74 Å². The maximum absolute atomic E-state index is 12.6. The monoisotopic (exact) mass is 485 g/mol. The van der Waals surface area contributed by atoms with Gasteiger partial charge in [0.05, 0.1) is 19.1 Å². The lowest BCUT2D eigenvalue weighted by molar-refractivity contribution is -0.145. The molecular weight excluding hydrogens is 446 g/mol. The maximum Gasteiger partial charge on any atom is 0.410 e. The average molecular weight is 486 g/mol. The molecule has 2 bridgehead atoms. The Morgan fingerprint density at radius 2 is 1.91 bits per heavy atom. The van der Waals surface area contributed by atoms with Crippen molar-refractivity contribution in [1.82, 2.24) is 4.90 Å². The molecule has 0 radical (unpaired) electrons. The first kappa shape index (κ1) is 24.4. The van der Waals surface area contributed by atoms with Gasteiger partial charge in [-0.1, -0.05) is 19.1 Å². The van der Waals surface area contributed by atoms with Crippen LogP contribution in [0, 0.1) is 23.7 Å². The Kier molecular flexibility index (Phi) is 6.27. The number of hydrogen-bond donors (Lipinski definition) is 1. The molecule has 1 saturated heterocycles. The van der Waals surface area contributed by atoms with Gasteiger partial charge in [-0.15, -0.1) is 0 Å². The third-order valence-electron chi connectivity index (χ3n) is 8.46. The molecule has 35 heavy (non-hydrogen) atoms. The van der Waals surface area contributed by atoms with Gasteiger partial charge < -0.3 is 24.2 Å². The Morgan fingerprint density at radius 3 is 2.51 bits per heavy atom. The van der Waals surface area contributed by atoms with E-state index in [1.807, 2.05) is 50.8 Å². The predicted molar refractivity (Wildman–Crippen MR) is 130 cm³/mol. The van der Waals surface area contributed by atoms with Crippen molar-refractivity contribution in [2.45, 2.75) is 89.6 Å². The van der Waals surface area contributed by atoms with E-state index in [4.69, 9.17) is 14.2 Å². The Labute approximate surface area is 208 Å². The Hall–Kier alpha value is -2.28. The van der Waals surface area contributed by atoms with Crippen LogP contribution in [0.1, 0.15) is 82.9 Å². The average Bonchev–Trinajstić information content (AvgIpc) is 3.41. The third kappa shape index (κ3) is 4.76. The van der Waals surface area contributed by atoms with Gasteiger partial charge in [0.15, 0.2) is 0 Å². The van der Waals surface area contributed by atoms with Crippen LogP contribution in [0.4, 0.5) is 4.79 Å². The number of hydrogen-bond acceptors (Lipinski definition) is 6. The van der Waals surface area contributed by atoms with Gasteiger partial charge >= 0.3 is 12.1 Å². The molecule has 7 heteroatoms. The highest BCUT2D eigenvalue weighted by molar-refractivity contribution is 5.73. The molecule has 1 aromatic rings. The number of methoxy groups -OCH3 is 1. The van der Waals surface area contributed by atoms with Crippen LogP contribution in [0.15, 0.2) is 18.2 Å². The molecule has 3 fully saturated rings. The van der Waals surface area contributed by atoms with E-state index >= 15 is 0 Å². The van der Waals surface area contributed by atoms with Gasteiger partial charge in [-0.2, -0.15) is 0 Å². The van der Waals surface area contributed by atoms with E-state index < -0.39 is 11.7 Å². The number of benzene rings is 1.